The monoisotopic (exact) mass is 337 g/mol. The molecule has 1 unspecified atom stereocenters. The Morgan fingerprint density at radius 1 is 1.67 bits per heavy atom. The second kappa shape index (κ2) is 7.01. The number of aromatic amines is 1. The smallest absolute Gasteiger partial charge is 0.330 e. The van der Waals surface area contributed by atoms with Gasteiger partial charge < -0.3 is 18.3 Å². The van der Waals surface area contributed by atoms with E-state index in [1.807, 2.05) is 0 Å². The summed E-state index contributed by atoms with van der Waals surface area (Å²) in [5.74, 6) is 0. The van der Waals surface area contributed by atoms with Crippen LogP contribution in [0.5, 0.6) is 0 Å². The second-order valence-electron chi connectivity index (χ2n) is 4.59. The lowest BCUT2D eigenvalue weighted by Gasteiger charge is -2.17. The Balaban J connectivity index is 2.24. The van der Waals surface area contributed by atoms with E-state index in [-0.39, 0.29) is 13.0 Å². The maximum absolute atomic E-state index is 11.8. The average molecular weight is 337 g/mol. The molecule has 0 aliphatic carbocycles. The number of nitrogens with two attached hydrogens (primary N) is 1. The Bertz CT molecular complexity index is 605. The Morgan fingerprint density at radius 2 is 2.38 bits per heavy atom. The molecular weight excluding hydrogens is 321 g/mol. The first-order valence-corrected chi connectivity index (χ1v) is 7.71. The minimum absolute atomic E-state index is 0.102. The molecule has 0 radical (unpaired) electrons. The molecule has 9 nitrogen and oxygen atoms in total. The van der Waals surface area contributed by atoms with Crippen LogP contribution in [0.4, 0.5) is 0 Å². The summed E-state index contributed by atoms with van der Waals surface area (Å²) in [6.45, 7) is 1.68. The van der Waals surface area contributed by atoms with E-state index in [0.717, 1.165) is 0 Å². The van der Waals surface area contributed by atoms with E-state index in [1.165, 1.54) is 10.8 Å². The SMILES string of the molecule is Cc1cn([C@H]2C[C@H](OP(N)O)[C@@H](COS)O2)c(=O)[nH]c1=O. The van der Waals surface area contributed by atoms with Crippen molar-refractivity contribution in [1.29, 1.82) is 0 Å². The lowest BCUT2D eigenvalue weighted by atomic mass is 10.2. The van der Waals surface area contributed by atoms with E-state index in [0.29, 0.717) is 5.56 Å². The minimum Gasteiger partial charge on any atom is -0.349 e. The Hall–Kier alpha value is -0.740. The zero-order valence-corrected chi connectivity index (χ0v) is 12.9. The highest BCUT2D eigenvalue weighted by Gasteiger charge is 2.38. The van der Waals surface area contributed by atoms with Gasteiger partial charge in [-0.2, -0.15) is 0 Å². The normalized spacial score (nSPS) is 27.0. The van der Waals surface area contributed by atoms with Gasteiger partial charge in [-0.05, 0) is 19.8 Å². The quantitative estimate of drug-likeness (QED) is 0.325. The largest absolute Gasteiger partial charge is 0.349 e. The molecule has 4 N–H and O–H groups in total. The highest BCUT2D eigenvalue weighted by Crippen LogP contribution is 2.36. The molecular formula is C10H16N3O6PS. The highest BCUT2D eigenvalue weighted by atomic mass is 32.1. The Kier molecular flexibility index (Phi) is 5.55. The number of hydrogen-bond donors (Lipinski definition) is 4. The van der Waals surface area contributed by atoms with E-state index < -0.39 is 38.2 Å². The minimum atomic E-state index is -2.06. The lowest BCUT2D eigenvalue weighted by Crippen LogP contribution is -2.33. The molecule has 0 amide bonds. The van der Waals surface area contributed by atoms with Crippen LogP contribution in [0.15, 0.2) is 15.8 Å². The molecule has 118 valence electrons. The van der Waals surface area contributed by atoms with Crippen molar-refractivity contribution >= 4 is 21.4 Å². The molecule has 1 aromatic rings. The third-order valence-electron chi connectivity index (χ3n) is 3.12. The van der Waals surface area contributed by atoms with Gasteiger partial charge >= 0.3 is 5.69 Å². The van der Waals surface area contributed by atoms with Crippen molar-refractivity contribution in [1.82, 2.24) is 9.55 Å². The van der Waals surface area contributed by atoms with Gasteiger partial charge in [0.1, 0.15) is 12.3 Å². The van der Waals surface area contributed by atoms with Crippen molar-refractivity contribution in [3.8, 4) is 0 Å². The molecule has 2 heterocycles. The van der Waals surface area contributed by atoms with E-state index in [1.54, 1.807) is 6.92 Å². The maximum atomic E-state index is 11.8. The number of ether oxygens (including phenoxy) is 1. The number of nitrogens with one attached hydrogen (secondary N) is 1. The van der Waals surface area contributed by atoms with Crippen molar-refractivity contribution in [2.24, 2.45) is 5.50 Å². The fourth-order valence-corrected chi connectivity index (χ4v) is 2.79. The van der Waals surface area contributed by atoms with Gasteiger partial charge in [0.25, 0.3) is 5.56 Å². The number of thiol groups is 1. The van der Waals surface area contributed by atoms with Crippen LogP contribution in [0.3, 0.4) is 0 Å². The predicted octanol–water partition coefficient (Wildman–Crippen LogP) is -0.443. The van der Waals surface area contributed by atoms with Crippen LogP contribution in [0.1, 0.15) is 18.2 Å². The van der Waals surface area contributed by atoms with Crippen LogP contribution in [-0.2, 0) is 13.4 Å². The topological polar surface area (TPSA) is 129 Å². The van der Waals surface area contributed by atoms with Gasteiger partial charge in [-0.25, -0.2) is 4.79 Å². The summed E-state index contributed by atoms with van der Waals surface area (Å²) >= 11 is 3.65. The Morgan fingerprint density at radius 3 is 3.00 bits per heavy atom. The summed E-state index contributed by atoms with van der Waals surface area (Å²) in [6.07, 6.45) is -0.0305. The van der Waals surface area contributed by atoms with Crippen molar-refractivity contribution < 1.29 is 18.3 Å². The van der Waals surface area contributed by atoms with Crippen molar-refractivity contribution in [2.45, 2.75) is 31.8 Å². The number of rotatable bonds is 5. The molecule has 21 heavy (non-hydrogen) atoms. The van der Waals surface area contributed by atoms with Gasteiger partial charge in [0, 0.05) is 18.2 Å². The number of nitrogens with zero attached hydrogens (tertiary/aromatic N) is 1. The van der Waals surface area contributed by atoms with Crippen LogP contribution in [0, 0.1) is 6.92 Å². The summed E-state index contributed by atoms with van der Waals surface area (Å²) in [4.78, 5) is 34.6. The molecule has 1 aliphatic rings. The van der Waals surface area contributed by atoms with E-state index in [4.69, 9.17) is 18.9 Å². The molecule has 1 fully saturated rings. The van der Waals surface area contributed by atoms with Crippen LogP contribution >= 0.6 is 21.4 Å². The molecule has 1 aliphatic heterocycles. The van der Waals surface area contributed by atoms with E-state index in [2.05, 4.69) is 17.9 Å². The van der Waals surface area contributed by atoms with Gasteiger partial charge in [-0.15, -0.1) is 0 Å². The molecule has 1 saturated heterocycles. The summed E-state index contributed by atoms with van der Waals surface area (Å²) in [6, 6.07) is 0. The molecule has 1 aromatic heterocycles. The van der Waals surface area contributed by atoms with E-state index >= 15 is 0 Å². The first-order chi connectivity index (χ1) is 9.92. The number of aryl methyl sites for hydroxylation is 1. The second-order valence-corrected chi connectivity index (χ2v) is 5.66. The van der Waals surface area contributed by atoms with Gasteiger partial charge in [0.05, 0.1) is 12.7 Å². The molecule has 0 spiro atoms. The average Bonchev–Trinajstić information content (AvgIpc) is 2.76. The number of aromatic nitrogens is 2. The molecule has 0 aromatic carbocycles. The molecule has 0 bridgehead atoms. The van der Waals surface area contributed by atoms with Gasteiger partial charge in [0.2, 0.25) is 8.53 Å². The zero-order chi connectivity index (χ0) is 15.6. The molecule has 4 atom stereocenters. The van der Waals surface area contributed by atoms with Crippen molar-refractivity contribution in [3.63, 3.8) is 0 Å². The van der Waals surface area contributed by atoms with E-state index in [9.17, 15) is 14.5 Å². The van der Waals surface area contributed by atoms with Crippen molar-refractivity contribution in [3.05, 3.63) is 32.6 Å². The third kappa shape index (κ3) is 3.92. The Labute approximate surface area is 126 Å². The number of H-pyrrole nitrogens is 1. The van der Waals surface area contributed by atoms with Crippen LogP contribution in [0.2, 0.25) is 0 Å². The van der Waals surface area contributed by atoms with Crippen LogP contribution in [0.25, 0.3) is 0 Å². The molecule has 2 rings (SSSR count). The summed E-state index contributed by atoms with van der Waals surface area (Å²) in [5.41, 5.74) is 4.61. The fourth-order valence-electron chi connectivity index (χ4n) is 2.14. The maximum Gasteiger partial charge on any atom is 0.330 e. The predicted molar refractivity (Wildman–Crippen MR) is 77.7 cm³/mol. The first kappa shape index (κ1) is 16.6. The van der Waals surface area contributed by atoms with Gasteiger partial charge in [-0.3, -0.25) is 19.8 Å². The third-order valence-corrected chi connectivity index (χ3v) is 3.75. The standard InChI is InChI=1S/C10H16N3O6PS/c1-5-3-13(10(15)12-9(5)14)8-2-6(19-20(11)16)7(18-8)4-17-21/h3,6-8,16,21H,2,4,11H2,1H3,(H,12,14,15)/t6-,7+,8+,20?/m0/s1. The van der Waals surface area contributed by atoms with Crippen LogP contribution in [-0.4, -0.2) is 33.3 Å². The summed E-state index contributed by atoms with van der Waals surface area (Å²) in [7, 11) is -2.06. The summed E-state index contributed by atoms with van der Waals surface area (Å²) in [5, 5.41) is 0. The molecule has 0 saturated carbocycles. The van der Waals surface area contributed by atoms with Gasteiger partial charge in [0.15, 0.2) is 0 Å². The fraction of sp³-hybridized carbons (Fsp3) is 0.600. The first-order valence-electron chi connectivity index (χ1n) is 6.06. The number of hydrogen-bond acceptors (Lipinski definition) is 8. The zero-order valence-electron chi connectivity index (χ0n) is 11.1. The van der Waals surface area contributed by atoms with Crippen LogP contribution < -0.4 is 16.8 Å². The highest BCUT2D eigenvalue weighted by molar-refractivity contribution is 7.75. The van der Waals surface area contributed by atoms with Crippen molar-refractivity contribution in [2.75, 3.05) is 6.61 Å². The molecule has 11 heteroatoms. The lowest BCUT2D eigenvalue weighted by molar-refractivity contribution is -0.0336. The van der Waals surface area contributed by atoms with Gasteiger partial charge in [-0.1, -0.05) is 0 Å². The summed E-state index contributed by atoms with van der Waals surface area (Å²) < 4.78 is 16.8.